The highest BCUT2D eigenvalue weighted by Crippen LogP contribution is 2.53. The SMILES string of the molecule is CC1(C)CCN2CCC(C)(C)C3=C2C1=CC(/C=C/C1=CC(=C(C#N)C#N)CC(C(C)(C)C)O1)C3. The van der Waals surface area contributed by atoms with E-state index in [4.69, 9.17) is 4.74 Å². The standard InChI is InChI=1S/C30H39N3O/c1-28(2,3)26-17-21(22(18-31)19-32)16-23(34-26)9-8-20-14-24-27-25(15-20)30(6,7)11-13-33(27)12-10-29(24,4)5/h8-9,14,16,20,26H,10-13,15,17H2,1-7H3/b9-8+. The first-order valence-corrected chi connectivity index (χ1v) is 12.7. The van der Waals surface area contributed by atoms with Gasteiger partial charge in [0.2, 0.25) is 0 Å². The molecule has 2 unspecified atom stereocenters. The maximum atomic E-state index is 9.44. The van der Waals surface area contributed by atoms with Crippen molar-refractivity contribution in [1.82, 2.24) is 4.90 Å². The lowest BCUT2D eigenvalue weighted by Crippen LogP contribution is -2.46. The molecule has 0 N–H and O–H groups in total. The molecular weight excluding hydrogens is 418 g/mol. The summed E-state index contributed by atoms with van der Waals surface area (Å²) in [5.41, 5.74) is 5.89. The number of nitriles is 2. The molecule has 34 heavy (non-hydrogen) atoms. The third kappa shape index (κ3) is 4.48. The van der Waals surface area contributed by atoms with E-state index in [0.29, 0.717) is 12.3 Å². The van der Waals surface area contributed by atoms with Crippen LogP contribution < -0.4 is 0 Å². The van der Waals surface area contributed by atoms with Gasteiger partial charge in [-0.05, 0) is 70.3 Å². The third-order valence-electron chi connectivity index (χ3n) is 8.26. The van der Waals surface area contributed by atoms with Crippen molar-refractivity contribution in [2.45, 2.75) is 80.3 Å². The van der Waals surface area contributed by atoms with Gasteiger partial charge in [0.1, 0.15) is 29.6 Å². The van der Waals surface area contributed by atoms with Gasteiger partial charge < -0.3 is 9.64 Å². The van der Waals surface area contributed by atoms with Gasteiger partial charge in [0.25, 0.3) is 0 Å². The molecule has 180 valence electrons. The zero-order chi connectivity index (χ0) is 24.9. The van der Waals surface area contributed by atoms with Crippen LogP contribution in [0.15, 0.2) is 58.1 Å². The molecule has 3 aliphatic heterocycles. The van der Waals surface area contributed by atoms with E-state index in [2.05, 4.69) is 83.7 Å². The highest BCUT2D eigenvalue weighted by atomic mass is 16.5. The van der Waals surface area contributed by atoms with Crippen molar-refractivity contribution < 1.29 is 4.74 Å². The van der Waals surface area contributed by atoms with E-state index in [-0.39, 0.29) is 27.9 Å². The Morgan fingerprint density at radius 2 is 1.71 bits per heavy atom. The van der Waals surface area contributed by atoms with E-state index >= 15 is 0 Å². The molecule has 4 heteroatoms. The Kier molecular flexibility index (Phi) is 6.10. The van der Waals surface area contributed by atoms with E-state index in [1.807, 2.05) is 6.08 Å². The summed E-state index contributed by atoms with van der Waals surface area (Å²) in [5.74, 6) is 1.05. The monoisotopic (exact) mass is 457 g/mol. The first-order valence-electron chi connectivity index (χ1n) is 12.7. The molecule has 1 fully saturated rings. The second kappa shape index (κ2) is 8.49. The first kappa shape index (κ1) is 24.4. The normalized spacial score (nSPS) is 27.8. The lowest BCUT2D eigenvalue weighted by atomic mass is 9.64. The predicted octanol–water partition coefficient (Wildman–Crippen LogP) is 6.97. The molecule has 0 bridgehead atoms. The summed E-state index contributed by atoms with van der Waals surface area (Å²) >= 11 is 0. The van der Waals surface area contributed by atoms with Crippen LogP contribution in [-0.2, 0) is 4.74 Å². The minimum absolute atomic E-state index is 0.0778. The Balaban J connectivity index is 1.69. The lowest BCUT2D eigenvalue weighted by Gasteiger charge is -2.52. The van der Waals surface area contributed by atoms with Crippen LogP contribution in [0.4, 0.5) is 0 Å². The van der Waals surface area contributed by atoms with Crippen molar-refractivity contribution in [3.63, 3.8) is 0 Å². The third-order valence-corrected chi connectivity index (χ3v) is 8.26. The topological polar surface area (TPSA) is 60.0 Å². The van der Waals surface area contributed by atoms with Gasteiger partial charge in [-0.15, -0.1) is 0 Å². The van der Waals surface area contributed by atoms with Crippen LogP contribution in [-0.4, -0.2) is 24.1 Å². The number of allylic oxidation sites excluding steroid dienone is 7. The zero-order valence-electron chi connectivity index (χ0n) is 22.0. The fraction of sp³-hybridized carbons (Fsp3) is 0.600. The van der Waals surface area contributed by atoms with E-state index in [0.717, 1.165) is 30.8 Å². The summed E-state index contributed by atoms with van der Waals surface area (Å²) in [6, 6.07) is 4.13. The van der Waals surface area contributed by atoms with Crippen molar-refractivity contribution in [3.8, 4) is 12.1 Å². The smallest absolute Gasteiger partial charge is 0.133 e. The lowest BCUT2D eigenvalue weighted by molar-refractivity contribution is 0.0274. The van der Waals surface area contributed by atoms with Crippen LogP contribution in [0, 0.1) is 44.8 Å². The van der Waals surface area contributed by atoms with E-state index < -0.39 is 0 Å². The number of hydrogen-bond donors (Lipinski definition) is 0. The second-order valence-corrected chi connectivity index (χ2v) is 12.7. The number of hydrogen-bond acceptors (Lipinski definition) is 4. The van der Waals surface area contributed by atoms with Gasteiger partial charge in [0.15, 0.2) is 0 Å². The molecule has 1 saturated heterocycles. The molecule has 0 aromatic rings. The summed E-state index contributed by atoms with van der Waals surface area (Å²) in [6.07, 6.45) is 12.6. The molecule has 3 heterocycles. The quantitative estimate of drug-likeness (QED) is 0.420. The Hall–Kier alpha value is -2.72. The van der Waals surface area contributed by atoms with Crippen LogP contribution in [0.5, 0.6) is 0 Å². The van der Waals surface area contributed by atoms with Gasteiger partial charge in [-0.2, -0.15) is 10.5 Å². The largest absolute Gasteiger partial charge is 0.490 e. The van der Waals surface area contributed by atoms with Crippen molar-refractivity contribution in [3.05, 3.63) is 58.1 Å². The van der Waals surface area contributed by atoms with Gasteiger partial charge in [0.05, 0.1) is 0 Å². The van der Waals surface area contributed by atoms with Crippen molar-refractivity contribution in [1.29, 1.82) is 10.5 Å². The molecular formula is C30H39N3O. The van der Waals surface area contributed by atoms with Gasteiger partial charge in [-0.3, -0.25) is 0 Å². The van der Waals surface area contributed by atoms with Gasteiger partial charge >= 0.3 is 0 Å². The van der Waals surface area contributed by atoms with E-state index in [9.17, 15) is 10.5 Å². The van der Waals surface area contributed by atoms with Crippen molar-refractivity contribution in [2.24, 2.45) is 22.2 Å². The Morgan fingerprint density at radius 3 is 2.32 bits per heavy atom. The minimum atomic E-state index is -0.0944. The molecule has 1 aliphatic carbocycles. The maximum Gasteiger partial charge on any atom is 0.133 e. The molecule has 0 spiro atoms. The average Bonchev–Trinajstić information content (AvgIpc) is 2.76. The van der Waals surface area contributed by atoms with Crippen LogP contribution in [0.2, 0.25) is 0 Å². The summed E-state index contributed by atoms with van der Waals surface area (Å²) in [6.45, 7) is 18.3. The Bertz CT molecular complexity index is 1090. The molecule has 0 saturated carbocycles. The highest BCUT2D eigenvalue weighted by Gasteiger charge is 2.44. The number of rotatable bonds is 2. The predicted molar refractivity (Wildman–Crippen MR) is 136 cm³/mol. The van der Waals surface area contributed by atoms with Crippen LogP contribution in [0.25, 0.3) is 0 Å². The van der Waals surface area contributed by atoms with Crippen molar-refractivity contribution in [2.75, 3.05) is 13.1 Å². The van der Waals surface area contributed by atoms with Crippen LogP contribution >= 0.6 is 0 Å². The molecule has 0 amide bonds. The molecule has 0 aromatic heterocycles. The fourth-order valence-corrected chi connectivity index (χ4v) is 5.73. The minimum Gasteiger partial charge on any atom is -0.490 e. The summed E-state index contributed by atoms with van der Waals surface area (Å²) in [5, 5.41) is 18.9. The number of nitrogens with zero attached hydrogens (tertiary/aromatic N) is 3. The average molecular weight is 458 g/mol. The van der Waals surface area contributed by atoms with Gasteiger partial charge in [-0.1, -0.05) is 60.6 Å². The van der Waals surface area contributed by atoms with Gasteiger partial charge in [0, 0.05) is 25.2 Å². The fourth-order valence-electron chi connectivity index (χ4n) is 5.73. The van der Waals surface area contributed by atoms with Crippen LogP contribution in [0.1, 0.15) is 74.1 Å². The van der Waals surface area contributed by atoms with E-state index in [1.165, 1.54) is 24.1 Å². The first-order chi connectivity index (χ1) is 15.9. The number of ether oxygens (including phenoxy) is 1. The molecule has 4 aliphatic rings. The molecule has 4 nitrogen and oxygen atoms in total. The summed E-state index contributed by atoms with van der Waals surface area (Å²) < 4.78 is 6.36. The summed E-state index contributed by atoms with van der Waals surface area (Å²) in [4.78, 5) is 2.63. The highest BCUT2D eigenvalue weighted by molar-refractivity contribution is 5.49. The zero-order valence-corrected chi connectivity index (χ0v) is 22.0. The van der Waals surface area contributed by atoms with E-state index in [1.54, 1.807) is 5.57 Å². The maximum absolute atomic E-state index is 9.44. The summed E-state index contributed by atoms with van der Waals surface area (Å²) in [7, 11) is 0. The van der Waals surface area contributed by atoms with Crippen LogP contribution in [0.3, 0.4) is 0 Å². The Labute approximate surface area is 206 Å². The molecule has 0 aromatic carbocycles. The second-order valence-electron chi connectivity index (χ2n) is 12.7. The number of piperidine rings is 1. The van der Waals surface area contributed by atoms with Gasteiger partial charge in [-0.25, -0.2) is 0 Å². The van der Waals surface area contributed by atoms with Crippen molar-refractivity contribution >= 4 is 0 Å². The molecule has 2 atom stereocenters. The molecule has 4 rings (SSSR count). The Morgan fingerprint density at radius 1 is 1.06 bits per heavy atom. The molecule has 0 radical (unpaired) electrons.